The Morgan fingerprint density at radius 1 is 1.33 bits per heavy atom. The fourth-order valence-corrected chi connectivity index (χ4v) is 2.04. The van der Waals surface area contributed by atoms with Crippen molar-refractivity contribution in [2.75, 3.05) is 0 Å². The van der Waals surface area contributed by atoms with Crippen LogP contribution in [0.2, 0.25) is 5.15 Å². The summed E-state index contributed by atoms with van der Waals surface area (Å²) in [5, 5.41) is 9.06. The lowest BCUT2D eigenvalue weighted by Crippen LogP contribution is -1.98. The third-order valence-electron chi connectivity index (χ3n) is 2.18. The van der Waals surface area contributed by atoms with Crippen molar-refractivity contribution in [3.63, 3.8) is 0 Å². The van der Waals surface area contributed by atoms with E-state index in [1.165, 1.54) is 6.07 Å². The van der Waals surface area contributed by atoms with Crippen LogP contribution in [0.1, 0.15) is 11.1 Å². The van der Waals surface area contributed by atoms with Crippen LogP contribution in [0.3, 0.4) is 0 Å². The summed E-state index contributed by atoms with van der Waals surface area (Å²) in [7, 11) is 0. The first-order valence-corrected chi connectivity index (χ1v) is 6.29. The van der Waals surface area contributed by atoms with Crippen molar-refractivity contribution in [3.05, 3.63) is 57.2 Å². The topological polar surface area (TPSA) is 45.9 Å². The fourth-order valence-electron chi connectivity index (χ4n) is 1.40. The quantitative estimate of drug-likeness (QED) is 0.804. The van der Waals surface area contributed by atoms with Crippen molar-refractivity contribution >= 4 is 27.5 Å². The molecule has 0 saturated heterocycles. The van der Waals surface area contributed by atoms with Gasteiger partial charge in [-0.3, -0.25) is 0 Å². The summed E-state index contributed by atoms with van der Waals surface area (Å²) in [6, 6.07) is 12.8. The van der Waals surface area contributed by atoms with Gasteiger partial charge in [0, 0.05) is 10.5 Å². The van der Waals surface area contributed by atoms with Gasteiger partial charge in [-0.1, -0.05) is 39.7 Å². The number of benzene rings is 1. The number of pyridine rings is 1. The number of hydrogen-bond acceptors (Lipinski definition) is 3. The molecule has 0 N–H and O–H groups in total. The number of ether oxygens (including phenoxy) is 1. The smallest absolute Gasteiger partial charge is 0.216 e. The van der Waals surface area contributed by atoms with E-state index < -0.39 is 0 Å². The average molecular weight is 324 g/mol. The Balaban J connectivity index is 2.11. The van der Waals surface area contributed by atoms with Crippen LogP contribution in [-0.2, 0) is 6.61 Å². The van der Waals surface area contributed by atoms with Gasteiger partial charge in [0.2, 0.25) is 5.88 Å². The van der Waals surface area contributed by atoms with E-state index in [0.717, 1.165) is 10.0 Å². The predicted octanol–water partition coefficient (Wildman–Crippen LogP) is 3.95. The molecule has 2 aromatic rings. The SMILES string of the molecule is N#Cc1cc(Cl)nc(OCc2cccc(Br)c2)c1. The molecule has 18 heavy (non-hydrogen) atoms. The molecule has 0 spiro atoms. The second-order valence-electron chi connectivity index (χ2n) is 3.55. The van der Waals surface area contributed by atoms with E-state index in [1.807, 2.05) is 30.3 Å². The fraction of sp³-hybridized carbons (Fsp3) is 0.0769. The molecule has 0 fully saturated rings. The molecule has 0 aliphatic rings. The number of rotatable bonds is 3. The molecule has 0 radical (unpaired) electrons. The highest BCUT2D eigenvalue weighted by Gasteiger charge is 2.03. The summed E-state index contributed by atoms with van der Waals surface area (Å²) in [6.45, 7) is 0.373. The lowest BCUT2D eigenvalue weighted by Gasteiger charge is -2.06. The Kier molecular flexibility index (Phi) is 4.19. The Hall–Kier alpha value is -1.57. The molecule has 5 heteroatoms. The van der Waals surface area contributed by atoms with Gasteiger partial charge in [-0.2, -0.15) is 5.26 Å². The molecule has 1 aromatic carbocycles. The van der Waals surface area contributed by atoms with E-state index in [0.29, 0.717) is 18.1 Å². The first-order valence-electron chi connectivity index (χ1n) is 5.12. The number of halogens is 2. The lowest BCUT2D eigenvalue weighted by molar-refractivity contribution is 0.294. The van der Waals surface area contributed by atoms with Crippen LogP contribution < -0.4 is 4.74 Å². The monoisotopic (exact) mass is 322 g/mol. The first-order chi connectivity index (χ1) is 8.67. The lowest BCUT2D eigenvalue weighted by atomic mass is 10.2. The maximum atomic E-state index is 8.81. The van der Waals surface area contributed by atoms with Crippen molar-refractivity contribution in [1.82, 2.24) is 4.98 Å². The molecule has 1 aromatic heterocycles. The highest BCUT2D eigenvalue weighted by molar-refractivity contribution is 9.10. The van der Waals surface area contributed by atoms with Crippen LogP contribution in [0.4, 0.5) is 0 Å². The zero-order valence-corrected chi connectivity index (χ0v) is 11.6. The summed E-state index contributed by atoms with van der Waals surface area (Å²) < 4.78 is 6.49. The summed E-state index contributed by atoms with van der Waals surface area (Å²) in [5.41, 5.74) is 1.43. The molecule has 1 heterocycles. The zero-order valence-electron chi connectivity index (χ0n) is 9.23. The Labute approximate surface area is 118 Å². The van der Waals surface area contributed by atoms with Gasteiger partial charge in [0.15, 0.2) is 0 Å². The second kappa shape index (κ2) is 5.85. The molecule has 0 aliphatic carbocycles. The standard InChI is InChI=1S/C13H8BrClN2O/c14-11-3-1-2-9(4-11)8-18-13-6-10(7-16)5-12(15)17-13/h1-6H,8H2. The Morgan fingerprint density at radius 3 is 2.89 bits per heavy atom. The molecule has 0 unspecified atom stereocenters. The summed E-state index contributed by atoms with van der Waals surface area (Å²) in [6.07, 6.45) is 0. The molecule has 0 bridgehead atoms. The normalized spacial score (nSPS) is 9.83. The van der Waals surface area contributed by atoms with E-state index in [2.05, 4.69) is 20.9 Å². The van der Waals surface area contributed by atoms with Gasteiger partial charge in [-0.05, 0) is 23.8 Å². The van der Waals surface area contributed by atoms with Crippen molar-refractivity contribution in [3.8, 4) is 11.9 Å². The van der Waals surface area contributed by atoms with Crippen molar-refractivity contribution in [2.24, 2.45) is 0 Å². The molecule has 0 saturated carbocycles. The Morgan fingerprint density at radius 2 is 2.17 bits per heavy atom. The van der Waals surface area contributed by atoms with Crippen LogP contribution in [0.15, 0.2) is 40.9 Å². The van der Waals surface area contributed by atoms with Gasteiger partial charge in [-0.25, -0.2) is 4.98 Å². The van der Waals surface area contributed by atoms with Crippen molar-refractivity contribution in [1.29, 1.82) is 5.26 Å². The first kappa shape index (κ1) is 12.9. The minimum atomic E-state index is 0.248. The van der Waals surface area contributed by atoms with Crippen LogP contribution in [-0.4, -0.2) is 4.98 Å². The summed E-state index contributed by atoms with van der Waals surface area (Å²) in [4.78, 5) is 4.00. The molecular formula is C13H8BrClN2O. The summed E-state index contributed by atoms with van der Waals surface area (Å²) in [5.74, 6) is 0.346. The van der Waals surface area contributed by atoms with Crippen LogP contribution >= 0.6 is 27.5 Å². The maximum absolute atomic E-state index is 8.81. The van der Waals surface area contributed by atoms with Crippen LogP contribution in [0, 0.1) is 11.3 Å². The third-order valence-corrected chi connectivity index (χ3v) is 2.86. The highest BCUT2D eigenvalue weighted by atomic mass is 79.9. The van der Waals surface area contributed by atoms with Gasteiger partial charge in [0.1, 0.15) is 11.8 Å². The van der Waals surface area contributed by atoms with E-state index in [9.17, 15) is 0 Å². The van der Waals surface area contributed by atoms with E-state index in [1.54, 1.807) is 6.07 Å². The zero-order chi connectivity index (χ0) is 13.0. The molecule has 2 rings (SSSR count). The predicted molar refractivity (Wildman–Crippen MR) is 72.4 cm³/mol. The minimum Gasteiger partial charge on any atom is -0.473 e. The van der Waals surface area contributed by atoms with Gasteiger partial charge in [0.25, 0.3) is 0 Å². The number of nitrogens with zero attached hydrogens (tertiary/aromatic N) is 2. The average Bonchev–Trinajstić information content (AvgIpc) is 2.36. The molecular weight excluding hydrogens is 316 g/mol. The maximum Gasteiger partial charge on any atom is 0.216 e. The van der Waals surface area contributed by atoms with Gasteiger partial charge < -0.3 is 4.74 Å². The van der Waals surface area contributed by atoms with Crippen molar-refractivity contribution < 1.29 is 4.74 Å². The van der Waals surface area contributed by atoms with E-state index >= 15 is 0 Å². The van der Waals surface area contributed by atoms with Crippen molar-refractivity contribution in [2.45, 2.75) is 6.61 Å². The molecule has 3 nitrogen and oxygen atoms in total. The van der Waals surface area contributed by atoms with Gasteiger partial charge in [-0.15, -0.1) is 0 Å². The molecule has 90 valence electrons. The highest BCUT2D eigenvalue weighted by Crippen LogP contribution is 2.18. The number of hydrogen-bond donors (Lipinski definition) is 0. The largest absolute Gasteiger partial charge is 0.473 e. The Bertz CT molecular complexity index is 610. The van der Waals surface area contributed by atoms with Gasteiger partial charge >= 0.3 is 0 Å². The van der Waals surface area contributed by atoms with E-state index in [4.69, 9.17) is 21.6 Å². The number of nitriles is 1. The number of aromatic nitrogens is 1. The molecule has 0 aliphatic heterocycles. The van der Waals surface area contributed by atoms with E-state index in [-0.39, 0.29) is 5.15 Å². The minimum absolute atomic E-state index is 0.248. The molecule has 0 amide bonds. The van der Waals surface area contributed by atoms with Crippen LogP contribution in [0.5, 0.6) is 5.88 Å². The van der Waals surface area contributed by atoms with Gasteiger partial charge in [0.05, 0.1) is 11.6 Å². The summed E-state index contributed by atoms with van der Waals surface area (Å²) >= 11 is 9.17. The van der Waals surface area contributed by atoms with Crippen LogP contribution in [0.25, 0.3) is 0 Å². The third kappa shape index (κ3) is 3.46. The second-order valence-corrected chi connectivity index (χ2v) is 4.85. The molecule has 0 atom stereocenters.